The number of hydrogen-bond donors (Lipinski definition) is 2. The molecule has 4 aromatic rings. The fraction of sp³-hybridized carbons (Fsp3) is 0.367. The van der Waals surface area contributed by atoms with E-state index in [1.807, 2.05) is 62.4 Å². The molecule has 3 aromatic heterocycles. The predicted molar refractivity (Wildman–Crippen MR) is 161 cm³/mol. The van der Waals surface area contributed by atoms with Gasteiger partial charge in [-0.2, -0.15) is 0 Å². The van der Waals surface area contributed by atoms with E-state index in [0.717, 1.165) is 53.4 Å². The number of nitrogens with zero attached hydrogens (tertiary/aromatic N) is 3. The molecule has 0 radical (unpaired) electrons. The SMILES string of the molecule is C[C@@H](Oc1cc(-c2cnc3ccc(CN4CC[C@H](NC(=O)OC(C)(C)C)C4)cn23)sc1C(N)=O)c1ccccc1Cl. The Morgan fingerprint density at radius 3 is 2.76 bits per heavy atom. The molecule has 41 heavy (non-hydrogen) atoms. The third kappa shape index (κ3) is 6.83. The lowest BCUT2D eigenvalue weighted by atomic mass is 10.1. The number of nitrogens with two attached hydrogens (primary N) is 1. The van der Waals surface area contributed by atoms with E-state index in [1.165, 1.54) is 11.3 Å². The van der Waals surface area contributed by atoms with Crippen molar-refractivity contribution in [3.63, 3.8) is 0 Å². The molecule has 0 aliphatic carbocycles. The van der Waals surface area contributed by atoms with Gasteiger partial charge in [-0.05, 0) is 51.8 Å². The standard InChI is InChI=1S/C30H34ClN5O4S/c1-18(21-7-5-6-8-22(21)31)39-24-13-25(41-27(24)28(32)37)23-14-33-26-10-9-19(16-36(23)26)15-35-12-11-20(17-35)34-29(38)40-30(2,3)4/h5-10,13-14,16,18,20H,11-12,15,17H2,1-4H3,(H2,32,37)(H,34,38)/t18-,20+/m1/s1. The normalized spacial score (nSPS) is 16.6. The number of carbonyl (C=O) groups excluding carboxylic acids is 2. The summed E-state index contributed by atoms with van der Waals surface area (Å²) in [7, 11) is 0. The number of likely N-dealkylation sites (tertiary alicyclic amines) is 1. The van der Waals surface area contributed by atoms with Crippen molar-refractivity contribution in [3.8, 4) is 16.3 Å². The van der Waals surface area contributed by atoms with E-state index in [9.17, 15) is 9.59 Å². The van der Waals surface area contributed by atoms with Gasteiger partial charge < -0.3 is 20.5 Å². The number of alkyl carbamates (subject to hydrolysis) is 1. The fourth-order valence-corrected chi connectivity index (χ4v) is 6.18. The van der Waals surface area contributed by atoms with Crippen molar-refractivity contribution in [1.82, 2.24) is 19.6 Å². The van der Waals surface area contributed by atoms with Gasteiger partial charge in [0.15, 0.2) is 0 Å². The van der Waals surface area contributed by atoms with Gasteiger partial charge in [0.25, 0.3) is 5.91 Å². The Morgan fingerprint density at radius 2 is 2.02 bits per heavy atom. The van der Waals surface area contributed by atoms with E-state index >= 15 is 0 Å². The number of nitrogens with one attached hydrogen (secondary N) is 1. The Kier molecular flexibility index (Phi) is 8.26. The number of fused-ring (bicyclic) bond motifs is 1. The number of carbonyl (C=O) groups is 2. The molecule has 0 saturated carbocycles. The van der Waals surface area contributed by atoms with Crippen LogP contribution in [0.2, 0.25) is 5.02 Å². The van der Waals surface area contributed by atoms with Crippen LogP contribution in [-0.2, 0) is 11.3 Å². The summed E-state index contributed by atoms with van der Waals surface area (Å²) < 4.78 is 13.6. The first kappa shape index (κ1) is 28.9. The molecule has 3 N–H and O–H groups in total. The zero-order valence-corrected chi connectivity index (χ0v) is 25.1. The van der Waals surface area contributed by atoms with Crippen LogP contribution in [0.15, 0.2) is 54.9 Å². The first-order valence-corrected chi connectivity index (χ1v) is 14.7. The van der Waals surface area contributed by atoms with Crippen molar-refractivity contribution in [1.29, 1.82) is 0 Å². The molecule has 1 aliphatic rings. The van der Waals surface area contributed by atoms with Crippen molar-refractivity contribution < 1.29 is 19.1 Å². The van der Waals surface area contributed by atoms with Crippen LogP contribution in [0.3, 0.4) is 0 Å². The molecule has 2 amide bonds. The number of rotatable bonds is 8. The largest absolute Gasteiger partial charge is 0.484 e. The molecule has 0 spiro atoms. The zero-order chi connectivity index (χ0) is 29.3. The molecular weight excluding hydrogens is 562 g/mol. The van der Waals surface area contributed by atoms with Gasteiger partial charge >= 0.3 is 6.09 Å². The van der Waals surface area contributed by atoms with Gasteiger partial charge in [0.1, 0.15) is 28.0 Å². The molecule has 11 heteroatoms. The van der Waals surface area contributed by atoms with E-state index in [-0.39, 0.29) is 18.2 Å². The molecule has 5 rings (SSSR count). The predicted octanol–water partition coefficient (Wildman–Crippen LogP) is 6.05. The van der Waals surface area contributed by atoms with E-state index < -0.39 is 11.5 Å². The Bertz CT molecular complexity index is 1580. The molecule has 216 valence electrons. The minimum Gasteiger partial charge on any atom is -0.484 e. The summed E-state index contributed by atoms with van der Waals surface area (Å²) in [5, 5.41) is 3.57. The molecule has 0 unspecified atom stereocenters. The highest BCUT2D eigenvalue weighted by atomic mass is 35.5. The highest BCUT2D eigenvalue weighted by molar-refractivity contribution is 7.17. The molecule has 1 aromatic carbocycles. The molecular formula is C30H34ClN5O4S. The first-order valence-electron chi connectivity index (χ1n) is 13.5. The summed E-state index contributed by atoms with van der Waals surface area (Å²) in [5.41, 5.74) is 8.75. The van der Waals surface area contributed by atoms with Crippen molar-refractivity contribution in [2.75, 3.05) is 13.1 Å². The topological polar surface area (TPSA) is 111 Å². The number of ether oxygens (including phenoxy) is 2. The van der Waals surface area contributed by atoms with Crippen LogP contribution in [0.1, 0.15) is 61.0 Å². The van der Waals surface area contributed by atoms with Crippen molar-refractivity contribution >= 4 is 40.6 Å². The third-order valence-electron chi connectivity index (χ3n) is 6.79. The highest BCUT2D eigenvalue weighted by Gasteiger charge is 2.26. The summed E-state index contributed by atoms with van der Waals surface area (Å²) in [4.78, 5) is 32.5. The lowest BCUT2D eigenvalue weighted by molar-refractivity contribution is 0.0505. The van der Waals surface area contributed by atoms with Gasteiger partial charge in [0, 0.05) is 48.5 Å². The first-order chi connectivity index (χ1) is 19.5. The lowest BCUT2D eigenvalue weighted by Crippen LogP contribution is -2.40. The molecule has 9 nitrogen and oxygen atoms in total. The molecule has 2 atom stereocenters. The highest BCUT2D eigenvalue weighted by Crippen LogP contribution is 2.39. The Balaban J connectivity index is 1.33. The summed E-state index contributed by atoms with van der Waals surface area (Å²) in [6.45, 7) is 9.78. The van der Waals surface area contributed by atoms with Crippen LogP contribution in [-0.4, -0.2) is 51.0 Å². The minimum absolute atomic E-state index is 0.0438. The smallest absolute Gasteiger partial charge is 0.407 e. The van der Waals surface area contributed by atoms with Crippen LogP contribution < -0.4 is 15.8 Å². The van der Waals surface area contributed by atoms with E-state index in [0.29, 0.717) is 15.6 Å². The maximum atomic E-state index is 12.3. The van der Waals surface area contributed by atoms with Crippen molar-refractivity contribution in [3.05, 3.63) is 75.9 Å². The van der Waals surface area contributed by atoms with Crippen molar-refractivity contribution in [2.45, 2.75) is 58.4 Å². The molecule has 1 saturated heterocycles. The zero-order valence-electron chi connectivity index (χ0n) is 23.5. The number of aromatic nitrogens is 2. The Hall–Kier alpha value is -3.60. The molecule has 0 bridgehead atoms. The Labute approximate surface area is 248 Å². The number of halogens is 1. The summed E-state index contributed by atoms with van der Waals surface area (Å²) in [6.07, 6.45) is 3.94. The van der Waals surface area contributed by atoms with E-state index in [2.05, 4.69) is 27.5 Å². The number of amides is 2. The quantitative estimate of drug-likeness (QED) is 0.256. The average molecular weight is 596 g/mol. The number of hydrogen-bond acceptors (Lipinski definition) is 7. The van der Waals surface area contributed by atoms with Crippen molar-refractivity contribution in [2.24, 2.45) is 5.73 Å². The Morgan fingerprint density at radius 1 is 1.24 bits per heavy atom. The number of thiophene rings is 1. The maximum absolute atomic E-state index is 12.3. The summed E-state index contributed by atoms with van der Waals surface area (Å²) >= 11 is 7.63. The number of primary amides is 1. The van der Waals surface area contributed by atoms with Crippen LogP contribution >= 0.6 is 22.9 Å². The van der Waals surface area contributed by atoms with Gasteiger partial charge in [0.05, 0.1) is 16.8 Å². The van der Waals surface area contributed by atoms with Crippen LogP contribution in [0.4, 0.5) is 4.79 Å². The second-order valence-corrected chi connectivity index (χ2v) is 12.7. The van der Waals surface area contributed by atoms with Gasteiger partial charge in [-0.1, -0.05) is 35.9 Å². The average Bonchev–Trinajstić information content (AvgIpc) is 3.61. The maximum Gasteiger partial charge on any atom is 0.407 e. The van der Waals surface area contributed by atoms with Gasteiger partial charge in [-0.15, -0.1) is 11.3 Å². The number of benzene rings is 1. The van der Waals surface area contributed by atoms with Gasteiger partial charge in [0.2, 0.25) is 0 Å². The van der Waals surface area contributed by atoms with E-state index in [1.54, 1.807) is 12.3 Å². The van der Waals surface area contributed by atoms with Crippen LogP contribution in [0.5, 0.6) is 5.75 Å². The fourth-order valence-electron chi connectivity index (χ4n) is 4.95. The lowest BCUT2D eigenvalue weighted by Gasteiger charge is -2.22. The summed E-state index contributed by atoms with van der Waals surface area (Å²) in [6, 6.07) is 13.4. The van der Waals surface area contributed by atoms with E-state index in [4.69, 9.17) is 26.8 Å². The minimum atomic E-state index is -0.555. The van der Waals surface area contributed by atoms with Gasteiger partial charge in [-0.25, -0.2) is 9.78 Å². The monoisotopic (exact) mass is 595 g/mol. The molecule has 1 aliphatic heterocycles. The number of imidazole rings is 1. The second kappa shape index (κ2) is 11.7. The molecule has 4 heterocycles. The summed E-state index contributed by atoms with van der Waals surface area (Å²) in [5.74, 6) is -0.141. The molecule has 1 fully saturated rings. The second-order valence-electron chi connectivity index (χ2n) is 11.2. The number of pyridine rings is 1. The van der Waals surface area contributed by atoms with Gasteiger partial charge in [-0.3, -0.25) is 14.1 Å². The van der Waals surface area contributed by atoms with Crippen LogP contribution in [0.25, 0.3) is 16.2 Å². The van der Waals surface area contributed by atoms with Crippen LogP contribution in [0, 0.1) is 0 Å². The third-order valence-corrected chi connectivity index (χ3v) is 8.29.